The summed E-state index contributed by atoms with van der Waals surface area (Å²) in [5.74, 6) is 0. The van der Waals surface area contributed by atoms with Gasteiger partial charge in [-0.05, 0) is 55.5 Å². The van der Waals surface area contributed by atoms with E-state index in [1.54, 1.807) is 11.8 Å². The molecule has 1 atom stereocenters. The molecule has 2 aromatic rings. The Bertz CT molecular complexity index is 918. The molecular formula is C24H27ClN2OS. The molecule has 0 amide bonds. The number of benzene rings is 2. The van der Waals surface area contributed by atoms with E-state index >= 15 is 0 Å². The summed E-state index contributed by atoms with van der Waals surface area (Å²) in [6, 6.07) is 16.5. The number of aliphatic hydroxyl groups is 1. The Labute approximate surface area is 182 Å². The van der Waals surface area contributed by atoms with Crippen LogP contribution in [0.15, 0.2) is 71.8 Å². The topological polar surface area (TPSA) is 35.8 Å². The van der Waals surface area contributed by atoms with Crippen molar-refractivity contribution in [3.05, 3.63) is 82.9 Å². The molecule has 0 bridgehead atoms. The highest BCUT2D eigenvalue weighted by atomic mass is 35.5. The van der Waals surface area contributed by atoms with Gasteiger partial charge in [0.05, 0.1) is 16.6 Å². The van der Waals surface area contributed by atoms with Crippen molar-refractivity contribution < 1.29 is 5.11 Å². The molecule has 1 fully saturated rings. The molecule has 3 nitrogen and oxygen atoms in total. The lowest BCUT2D eigenvalue weighted by molar-refractivity contribution is 0.399. The molecule has 1 heterocycles. The third-order valence-electron chi connectivity index (χ3n) is 5.11. The van der Waals surface area contributed by atoms with E-state index in [4.69, 9.17) is 21.7 Å². The number of halogens is 1. The number of aliphatic imine (C=N–C) groups is 1. The quantitative estimate of drug-likeness (QED) is 0.544. The molecule has 152 valence electrons. The Morgan fingerprint density at radius 2 is 1.93 bits per heavy atom. The van der Waals surface area contributed by atoms with Crippen LogP contribution in [0.1, 0.15) is 42.6 Å². The lowest BCUT2D eigenvalue weighted by Crippen LogP contribution is -2.32. The maximum absolute atomic E-state index is 7.00. The van der Waals surface area contributed by atoms with Gasteiger partial charge in [0.2, 0.25) is 0 Å². The van der Waals surface area contributed by atoms with Crippen molar-refractivity contribution in [3.8, 4) is 0 Å². The third kappa shape index (κ3) is 4.61. The number of aliphatic hydroxyl groups excluding tert-OH is 1. The van der Waals surface area contributed by atoms with Crippen molar-refractivity contribution in [2.75, 3.05) is 13.7 Å². The van der Waals surface area contributed by atoms with Crippen LogP contribution in [-0.2, 0) is 0 Å². The lowest BCUT2D eigenvalue weighted by atomic mass is 9.87. The van der Waals surface area contributed by atoms with Gasteiger partial charge in [0.1, 0.15) is 0 Å². The second kappa shape index (κ2) is 10.1. The average molecular weight is 427 g/mol. The monoisotopic (exact) mass is 426 g/mol. The number of rotatable bonds is 4. The molecule has 1 saturated carbocycles. The van der Waals surface area contributed by atoms with Crippen molar-refractivity contribution in [1.29, 1.82) is 0 Å². The van der Waals surface area contributed by atoms with Gasteiger partial charge in [-0.2, -0.15) is 0 Å². The summed E-state index contributed by atoms with van der Waals surface area (Å²) in [5, 5.41) is 8.97. The molecule has 0 saturated heterocycles. The van der Waals surface area contributed by atoms with Crippen molar-refractivity contribution in [2.24, 2.45) is 4.99 Å². The minimum absolute atomic E-state index is 0.167. The predicted octanol–water partition coefficient (Wildman–Crippen LogP) is 6.83. The van der Waals surface area contributed by atoms with Gasteiger partial charge in [0, 0.05) is 24.2 Å². The van der Waals surface area contributed by atoms with Crippen LogP contribution in [0.25, 0.3) is 5.70 Å². The third-order valence-corrected chi connectivity index (χ3v) is 6.59. The first-order valence-corrected chi connectivity index (χ1v) is 11.1. The van der Waals surface area contributed by atoms with Crippen LogP contribution in [0, 0.1) is 0 Å². The van der Waals surface area contributed by atoms with Crippen LogP contribution in [-0.4, -0.2) is 28.8 Å². The molecule has 5 heteroatoms. The molecule has 0 radical (unpaired) electrons. The smallest absolute Gasteiger partial charge is 0.169 e. The van der Waals surface area contributed by atoms with E-state index in [2.05, 4.69) is 48.7 Å². The van der Waals surface area contributed by atoms with Crippen molar-refractivity contribution in [3.63, 3.8) is 0 Å². The van der Waals surface area contributed by atoms with Crippen LogP contribution in [0.3, 0.4) is 0 Å². The van der Waals surface area contributed by atoms with E-state index in [0.29, 0.717) is 0 Å². The second-order valence-corrected chi connectivity index (χ2v) is 8.34. The van der Waals surface area contributed by atoms with Gasteiger partial charge in [-0.15, -0.1) is 6.58 Å². The summed E-state index contributed by atoms with van der Waals surface area (Å²) >= 11 is 8.08. The largest absolute Gasteiger partial charge is 0.400 e. The number of hydrogen-bond acceptors (Lipinski definition) is 4. The van der Waals surface area contributed by atoms with Gasteiger partial charge in [-0.25, -0.2) is 4.99 Å². The normalized spacial score (nSPS) is 16.1. The summed E-state index contributed by atoms with van der Waals surface area (Å²) in [7, 11) is 1.00. The molecule has 0 spiro atoms. The Balaban J connectivity index is 0.00000117. The van der Waals surface area contributed by atoms with Gasteiger partial charge < -0.3 is 10.0 Å². The highest BCUT2D eigenvalue weighted by molar-refractivity contribution is 8.14. The fraction of sp³-hybridized carbons (Fsp3) is 0.292. The van der Waals surface area contributed by atoms with Crippen molar-refractivity contribution >= 4 is 39.9 Å². The van der Waals surface area contributed by atoms with Crippen LogP contribution >= 0.6 is 23.4 Å². The summed E-state index contributed by atoms with van der Waals surface area (Å²) in [6.07, 6.45) is 5.60. The van der Waals surface area contributed by atoms with Gasteiger partial charge in [0.15, 0.2) is 5.17 Å². The zero-order chi connectivity index (χ0) is 20.8. The minimum atomic E-state index is 0.167. The van der Waals surface area contributed by atoms with Gasteiger partial charge in [-0.1, -0.05) is 59.8 Å². The molecule has 1 aliphatic heterocycles. The van der Waals surface area contributed by atoms with Crippen LogP contribution in [0.4, 0.5) is 5.69 Å². The molecule has 29 heavy (non-hydrogen) atoms. The molecule has 1 aliphatic carbocycles. The zero-order valence-electron chi connectivity index (χ0n) is 16.9. The summed E-state index contributed by atoms with van der Waals surface area (Å²) in [6.45, 7) is 7.14. The van der Waals surface area contributed by atoms with Crippen LogP contribution in [0.2, 0.25) is 5.02 Å². The number of amidine groups is 1. The van der Waals surface area contributed by atoms with Gasteiger partial charge in [0.25, 0.3) is 0 Å². The van der Waals surface area contributed by atoms with Crippen molar-refractivity contribution in [1.82, 2.24) is 4.90 Å². The molecule has 0 aromatic heterocycles. The average Bonchev–Trinajstić information content (AvgIpc) is 2.73. The van der Waals surface area contributed by atoms with Gasteiger partial charge in [-0.3, -0.25) is 0 Å². The van der Waals surface area contributed by atoms with Gasteiger partial charge >= 0.3 is 0 Å². The van der Waals surface area contributed by atoms with E-state index in [-0.39, 0.29) is 5.25 Å². The summed E-state index contributed by atoms with van der Waals surface area (Å²) in [4.78, 5) is 7.37. The predicted molar refractivity (Wildman–Crippen MR) is 127 cm³/mol. The van der Waals surface area contributed by atoms with Crippen LogP contribution < -0.4 is 0 Å². The summed E-state index contributed by atoms with van der Waals surface area (Å²) < 4.78 is 0. The number of allylic oxidation sites excluding steroid dienone is 1. The molecule has 1 N–H and O–H groups in total. The molecule has 4 rings (SSSR count). The Morgan fingerprint density at radius 3 is 2.52 bits per heavy atom. The van der Waals surface area contributed by atoms with E-state index in [1.807, 2.05) is 24.3 Å². The van der Waals surface area contributed by atoms with Crippen LogP contribution in [0.5, 0.6) is 0 Å². The van der Waals surface area contributed by atoms with E-state index < -0.39 is 0 Å². The van der Waals surface area contributed by atoms with Crippen molar-refractivity contribution in [2.45, 2.75) is 31.4 Å². The standard InChI is InChI=1S/C23H23ClN2S.CH4O/c1-3-21(16-9-6-5-7-10-16)27-23-25-20-14-13-18(24)15-19(20)22(26(23)4-2)17-11-8-12-17;1-2/h3,5-7,9-10,13-15,21H,1,4,8,11-12H2,2H3;2H,1H3. The van der Waals surface area contributed by atoms with E-state index in [0.717, 1.165) is 29.5 Å². The maximum Gasteiger partial charge on any atom is 0.169 e. The highest BCUT2D eigenvalue weighted by Gasteiger charge is 2.30. The molecule has 2 aromatic carbocycles. The first kappa shape index (κ1) is 21.7. The Kier molecular flexibility index (Phi) is 7.59. The maximum atomic E-state index is 7.00. The Morgan fingerprint density at radius 1 is 1.21 bits per heavy atom. The number of hydrogen-bond donors (Lipinski definition) is 1. The molecular weight excluding hydrogens is 400 g/mol. The minimum Gasteiger partial charge on any atom is -0.400 e. The summed E-state index contributed by atoms with van der Waals surface area (Å²) in [5.41, 5.74) is 6.25. The highest BCUT2D eigenvalue weighted by Crippen LogP contribution is 2.45. The SMILES string of the molecule is C=CC(SC1=Nc2ccc(Cl)cc2C(=C2CCC2)N1CC)c1ccccc1.CO. The number of nitrogens with zero attached hydrogens (tertiary/aromatic N) is 2. The fourth-order valence-electron chi connectivity index (χ4n) is 3.56. The Hall–Kier alpha value is -2.01. The molecule has 2 aliphatic rings. The number of thioether (sulfide) groups is 1. The fourth-order valence-corrected chi connectivity index (χ4v) is 4.85. The molecule has 1 unspecified atom stereocenters. The second-order valence-electron chi connectivity index (χ2n) is 6.79. The lowest BCUT2D eigenvalue weighted by Gasteiger charge is -2.36. The number of fused-ring (bicyclic) bond motifs is 1. The first-order valence-electron chi connectivity index (χ1n) is 9.88. The zero-order valence-corrected chi connectivity index (χ0v) is 18.5. The first-order chi connectivity index (χ1) is 14.2. The van der Waals surface area contributed by atoms with E-state index in [1.165, 1.54) is 41.7 Å². The van der Waals surface area contributed by atoms with E-state index in [9.17, 15) is 0 Å².